The van der Waals surface area contributed by atoms with E-state index in [1.165, 1.54) is 0 Å². The Morgan fingerprint density at radius 2 is 1.75 bits per heavy atom. The maximum absolute atomic E-state index is 11.9. The van der Waals surface area contributed by atoms with Gasteiger partial charge in [-0.05, 0) is 12.1 Å². The van der Waals surface area contributed by atoms with Gasteiger partial charge in [0.05, 0.1) is 5.56 Å². The van der Waals surface area contributed by atoms with E-state index < -0.39 is 0 Å². The summed E-state index contributed by atoms with van der Waals surface area (Å²) in [4.78, 5) is 15.2. The maximum Gasteiger partial charge on any atom is 0.231 e. The van der Waals surface area contributed by atoms with Gasteiger partial charge in [0.15, 0.2) is 5.76 Å². The largest absolute Gasteiger partial charge is 0.452 e. The van der Waals surface area contributed by atoms with Crippen LogP contribution in [0.2, 0.25) is 0 Å². The summed E-state index contributed by atoms with van der Waals surface area (Å²) in [5.41, 5.74) is 3.58. The molecule has 0 saturated heterocycles. The van der Waals surface area contributed by atoms with Gasteiger partial charge in [-0.2, -0.15) is 0 Å². The first-order valence-corrected chi connectivity index (χ1v) is 6.36. The molecule has 0 fully saturated rings. The zero-order valence-electron chi connectivity index (χ0n) is 10.6. The normalized spacial score (nSPS) is 13.6. The van der Waals surface area contributed by atoms with Crippen molar-refractivity contribution in [2.45, 2.75) is 0 Å². The second-order valence-corrected chi connectivity index (χ2v) is 4.78. The molecule has 0 spiro atoms. The molecule has 0 unspecified atom stereocenters. The maximum atomic E-state index is 11.9. The monoisotopic (exact) mass is 261 g/mol. The van der Waals surface area contributed by atoms with Crippen LogP contribution in [0.3, 0.4) is 0 Å². The number of benzene rings is 2. The standard InChI is InChI=1S/C17H11NO2/c1-10-16(19)13-7-4-6-12(17(13)20-10)14-9-18-15-8-3-2-5-11(14)15/h2-9,18H,1H2. The number of hydrogen-bond donors (Lipinski definition) is 1. The molecule has 3 aromatic rings. The smallest absolute Gasteiger partial charge is 0.231 e. The van der Waals surface area contributed by atoms with Crippen molar-refractivity contribution < 1.29 is 9.53 Å². The van der Waals surface area contributed by atoms with E-state index in [2.05, 4.69) is 11.6 Å². The molecule has 0 aliphatic carbocycles. The second-order valence-electron chi connectivity index (χ2n) is 4.78. The number of carbonyl (C=O) groups excluding carboxylic acids is 1. The number of allylic oxidation sites excluding steroid dienone is 1. The van der Waals surface area contributed by atoms with Gasteiger partial charge >= 0.3 is 0 Å². The Kier molecular flexibility index (Phi) is 2.12. The highest BCUT2D eigenvalue weighted by molar-refractivity contribution is 6.14. The predicted octanol–water partition coefficient (Wildman–Crippen LogP) is 3.92. The quantitative estimate of drug-likeness (QED) is 0.674. The summed E-state index contributed by atoms with van der Waals surface area (Å²) < 4.78 is 5.57. The molecule has 0 atom stereocenters. The summed E-state index contributed by atoms with van der Waals surface area (Å²) >= 11 is 0. The summed E-state index contributed by atoms with van der Waals surface area (Å²) in [6, 6.07) is 13.6. The van der Waals surface area contributed by atoms with Crippen molar-refractivity contribution in [2.24, 2.45) is 0 Å². The van der Waals surface area contributed by atoms with Gasteiger partial charge < -0.3 is 9.72 Å². The van der Waals surface area contributed by atoms with Crippen LogP contribution in [0.4, 0.5) is 0 Å². The molecule has 96 valence electrons. The average Bonchev–Trinajstić information content (AvgIpc) is 3.02. The van der Waals surface area contributed by atoms with Crippen LogP contribution in [0.15, 0.2) is 61.0 Å². The first-order chi connectivity index (χ1) is 9.75. The number of fused-ring (bicyclic) bond motifs is 2. The van der Waals surface area contributed by atoms with Crippen LogP contribution in [0.5, 0.6) is 5.75 Å². The lowest BCUT2D eigenvalue weighted by Crippen LogP contribution is -1.94. The first kappa shape index (κ1) is 11.1. The Balaban J connectivity index is 2.01. The van der Waals surface area contributed by atoms with Gasteiger partial charge in [-0.3, -0.25) is 4.79 Å². The topological polar surface area (TPSA) is 42.1 Å². The van der Waals surface area contributed by atoms with Gasteiger partial charge in [0.1, 0.15) is 5.75 Å². The molecule has 4 rings (SSSR count). The minimum absolute atomic E-state index is 0.137. The van der Waals surface area contributed by atoms with Gasteiger partial charge in [-0.25, -0.2) is 0 Å². The third kappa shape index (κ3) is 1.37. The van der Waals surface area contributed by atoms with E-state index in [9.17, 15) is 4.79 Å². The molecule has 0 radical (unpaired) electrons. The number of carbonyl (C=O) groups is 1. The molecular weight excluding hydrogens is 250 g/mol. The van der Waals surface area contributed by atoms with Crippen molar-refractivity contribution in [3.8, 4) is 16.9 Å². The van der Waals surface area contributed by atoms with Crippen LogP contribution in [-0.4, -0.2) is 10.8 Å². The molecule has 20 heavy (non-hydrogen) atoms. The molecule has 0 saturated carbocycles. The second kappa shape index (κ2) is 3.84. The van der Waals surface area contributed by atoms with Gasteiger partial charge in [0, 0.05) is 28.2 Å². The van der Waals surface area contributed by atoms with Crippen molar-refractivity contribution in [2.75, 3.05) is 0 Å². The summed E-state index contributed by atoms with van der Waals surface area (Å²) in [5.74, 6) is 0.654. The predicted molar refractivity (Wildman–Crippen MR) is 77.8 cm³/mol. The SMILES string of the molecule is C=C1Oc2c(cccc2-c2c[nH]c3ccccc23)C1=O. The summed E-state index contributed by atoms with van der Waals surface area (Å²) in [5, 5.41) is 1.11. The van der Waals surface area contributed by atoms with Gasteiger partial charge in [0.25, 0.3) is 0 Å². The fourth-order valence-electron chi connectivity index (χ4n) is 2.65. The molecular formula is C17H11NO2. The lowest BCUT2D eigenvalue weighted by Gasteiger charge is -2.05. The number of hydrogen-bond acceptors (Lipinski definition) is 2. The molecule has 3 nitrogen and oxygen atoms in total. The van der Waals surface area contributed by atoms with Crippen LogP contribution in [0.1, 0.15) is 10.4 Å². The van der Waals surface area contributed by atoms with Gasteiger partial charge in [-0.1, -0.05) is 36.9 Å². The highest BCUT2D eigenvalue weighted by atomic mass is 16.5. The Morgan fingerprint density at radius 1 is 0.950 bits per heavy atom. The molecule has 2 aromatic carbocycles. The Bertz CT molecular complexity index is 874. The lowest BCUT2D eigenvalue weighted by molar-refractivity contribution is 0.101. The fraction of sp³-hybridized carbons (Fsp3) is 0. The first-order valence-electron chi connectivity index (χ1n) is 6.36. The molecule has 2 heterocycles. The van der Waals surface area contributed by atoms with E-state index >= 15 is 0 Å². The molecule has 1 aliphatic rings. The number of ketones is 1. The number of para-hydroxylation sites is 2. The lowest BCUT2D eigenvalue weighted by atomic mass is 10.0. The molecule has 0 bridgehead atoms. The number of ether oxygens (including phenoxy) is 1. The van der Waals surface area contributed by atoms with Crippen LogP contribution < -0.4 is 4.74 Å². The van der Waals surface area contributed by atoms with Gasteiger partial charge in [-0.15, -0.1) is 0 Å². The third-order valence-electron chi connectivity index (χ3n) is 3.62. The minimum atomic E-state index is -0.137. The van der Waals surface area contributed by atoms with Crippen LogP contribution >= 0.6 is 0 Å². The van der Waals surface area contributed by atoms with Crippen molar-refractivity contribution in [1.29, 1.82) is 0 Å². The van der Waals surface area contributed by atoms with Crippen LogP contribution in [0, 0.1) is 0 Å². The number of H-pyrrole nitrogens is 1. The molecule has 1 aliphatic heterocycles. The molecule has 0 amide bonds. The van der Waals surface area contributed by atoms with E-state index in [1.807, 2.05) is 42.6 Å². The molecule has 3 heteroatoms. The average molecular weight is 261 g/mol. The number of nitrogens with one attached hydrogen (secondary N) is 1. The zero-order chi connectivity index (χ0) is 13.7. The van der Waals surface area contributed by atoms with E-state index in [0.717, 1.165) is 22.0 Å². The van der Waals surface area contributed by atoms with Crippen molar-refractivity contribution >= 4 is 16.7 Å². The highest BCUT2D eigenvalue weighted by Gasteiger charge is 2.28. The van der Waals surface area contributed by atoms with Gasteiger partial charge in [0.2, 0.25) is 5.78 Å². The van der Waals surface area contributed by atoms with Crippen LogP contribution in [0.25, 0.3) is 22.0 Å². The summed E-state index contributed by atoms with van der Waals surface area (Å²) in [6.07, 6.45) is 1.94. The number of Topliss-reactive ketones (excluding diaryl/α,β-unsaturated/α-hetero) is 1. The highest BCUT2D eigenvalue weighted by Crippen LogP contribution is 2.41. The minimum Gasteiger partial charge on any atom is -0.452 e. The van der Waals surface area contributed by atoms with Crippen molar-refractivity contribution in [1.82, 2.24) is 4.98 Å². The Morgan fingerprint density at radius 3 is 2.65 bits per heavy atom. The zero-order valence-corrected chi connectivity index (χ0v) is 10.6. The van der Waals surface area contributed by atoms with E-state index in [0.29, 0.717) is 11.3 Å². The number of aromatic amines is 1. The van der Waals surface area contributed by atoms with Crippen LogP contribution in [-0.2, 0) is 0 Å². The fourth-order valence-corrected chi connectivity index (χ4v) is 2.65. The van der Waals surface area contributed by atoms with E-state index in [-0.39, 0.29) is 11.5 Å². The molecule has 1 aromatic heterocycles. The Hall–Kier alpha value is -2.81. The Labute approximate surface area is 115 Å². The summed E-state index contributed by atoms with van der Waals surface area (Å²) in [6.45, 7) is 3.66. The van der Waals surface area contributed by atoms with E-state index in [4.69, 9.17) is 4.74 Å². The summed E-state index contributed by atoms with van der Waals surface area (Å²) in [7, 11) is 0. The number of aromatic nitrogens is 1. The molecule has 1 N–H and O–H groups in total. The van der Waals surface area contributed by atoms with Crippen molar-refractivity contribution in [3.05, 3.63) is 66.6 Å². The number of rotatable bonds is 1. The third-order valence-corrected chi connectivity index (χ3v) is 3.62. The van der Waals surface area contributed by atoms with E-state index in [1.54, 1.807) is 6.07 Å². The van der Waals surface area contributed by atoms with Crippen molar-refractivity contribution in [3.63, 3.8) is 0 Å².